The van der Waals surface area contributed by atoms with Crippen LogP contribution in [0.25, 0.3) is 0 Å². The van der Waals surface area contributed by atoms with Crippen LogP contribution < -0.4 is 4.90 Å². The third-order valence-electron chi connectivity index (χ3n) is 3.83. The van der Waals surface area contributed by atoms with E-state index in [9.17, 15) is 0 Å². The minimum Gasteiger partial charge on any atom is -0.326 e. The van der Waals surface area contributed by atoms with Gasteiger partial charge in [-0.2, -0.15) is 0 Å². The van der Waals surface area contributed by atoms with Crippen LogP contribution in [0.4, 0.5) is 11.5 Å². The molecular weight excluding hydrogens is 270 g/mol. The quantitative estimate of drug-likeness (QED) is 0.779. The van der Waals surface area contributed by atoms with E-state index >= 15 is 0 Å². The van der Waals surface area contributed by atoms with Crippen LogP contribution >= 0.6 is 11.6 Å². The number of hydrogen-bond acceptors (Lipinski definition) is 3. The van der Waals surface area contributed by atoms with Crippen molar-refractivity contribution < 1.29 is 0 Å². The molecule has 1 aromatic carbocycles. The second-order valence-corrected chi connectivity index (χ2v) is 5.57. The Morgan fingerprint density at radius 1 is 1.30 bits per heavy atom. The third-order valence-corrected chi connectivity index (χ3v) is 4.16. The summed E-state index contributed by atoms with van der Waals surface area (Å²) in [7, 11) is 0. The van der Waals surface area contributed by atoms with E-state index in [2.05, 4.69) is 46.9 Å². The first-order valence-corrected chi connectivity index (χ1v) is 7.45. The van der Waals surface area contributed by atoms with E-state index in [1.165, 1.54) is 16.8 Å². The number of halogens is 1. The van der Waals surface area contributed by atoms with Gasteiger partial charge in [-0.1, -0.05) is 36.2 Å². The second-order valence-electron chi connectivity index (χ2n) is 5.21. The highest BCUT2D eigenvalue weighted by Crippen LogP contribution is 2.35. The van der Waals surface area contributed by atoms with Crippen molar-refractivity contribution in [3.05, 3.63) is 46.4 Å². The van der Waals surface area contributed by atoms with Gasteiger partial charge in [0.15, 0.2) is 0 Å². The first-order chi connectivity index (χ1) is 9.70. The smallest absolute Gasteiger partial charge is 0.141 e. The molecule has 0 amide bonds. The fourth-order valence-electron chi connectivity index (χ4n) is 2.86. The van der Waals surface area contributed by atoms with Crippen molar-refractivity contribution in [2.24, 2.45) is 0 Å². The number of nitrogens with zero attached hydrogens (tertiary/aromatic N) is 3. The van der Waals surface area contributed by atoms with Gasteiger partial charge in [0, 0.05) is 17.8 Å². The Balaban J connectivity index is 2.11. The van der Waals surface area contributed by atoms with Crippen LogP contribution in [0, 0.1) is 6.92 Å². The molecule has 0 aliphatic carbocycles. The molecule has 0 fully saturated rings. The fourth-order valence-corrected chi connectivity index (χ4v) is 3.13. The molecule has 0 saturated carbocycles. The van der Waals surface area contributed by atoms with E-state index in [4.69, 9.17) is 11.6 Å². The number of hydrogen-bond donors (Lipinski definition) is 0. The highest BCUT2D eigenvalue weighted by molar-refractivity contribution is 6.30. The molecule has 0 atom stereocenters. The number of benzene rings is 1. The number of rotatable bonds is 2. The van der Waals surface area contributed by atoms with Gasteiger partial charge in [-0.3, -0.25) is 0 Å². The highest BCUT2D eigenvalue weighted by Gasteiger charge is 2.22. The van der Waals surface area contributed by atoms with E-state index in [0.717, 1.165) is 37.2 Å². The Labute approximate surface area is 124 Å². The largest absolute Gasteiger partial charge is 0.326 e. The molecule has 2 aromatic rings. The van der Waals surface area contributed by atoms with Crippen LogP contribution in [-0.2, 0) is 12.8 Å². The van der Waals surface area contributed by atoms with Gasteiger partial charge in [0.05, 0.1) is 0 Å². The molecule has 1 aliphatic rings. The van der Waals surface area contributed by atoms with E-state index < -0.39 is 0 Å². The Morgan fingerprint density at radius 3 is 2.95 bits per heavy atom. The van der Waals surface area contributed by atoms with Crippen molar-refractivity contribution in [2.75, 3.05) is 11.4 Å². The number of aryl methyl sites for hydroxylation is 2. The lowest BCUT2D eigenvalue weighted by atomic mass is 9.99. The summed E-state index contributed by atoms with van der Waals surface area (Å²) in [6.45, 7) is 5.21. The summed E-state index contributed by atoms with van der Waals surface area (Å²) in [4.78, 5) is 10.9. The Hall–Kier alpha value is -1.61. The van der Waals surface area contributed by atoms with Gasteiger partial charge in [0.25, 0.3) is 0 Å². The van der Waals surface area contributed by atoms with Crippen molar-refractivity contribution in [3.63, 3.8) is 0 Å². The average molecular weight is 288 g/mol. The van der Waals surface area contributed by atoms with Crippen molar-refractivity contribution in [1.29, 1.82) is 0 Å². The Kier molecular flexibility index (Phi) is 3.62. The number of aromatic nitrogens is 2. The molecule has 0 bridgehead atoms. The lowest BCUT2D eigenvalue weighted by molar-refractivity contribution is 0.753. The lowest BCUT2D eigenvalue weighted by Gasteiger charge is -2.32. The molecular formula is C16H18ClN3. The minimum absolute atomic E-state index is 0.566. The molecule has 4 heteroatoms. The molecule has 20 heavy (non-hydrogen) atoms. The van der Waals surface area contributed by atoms with Gasteiger partial charge in [-0.25, -0.2) is 9.97 Å². The maximum absolute atomic E-state index is 6.22. The van der Waals surface area contributed by atoms with Crippen molar-refractivity contribution in [1.82, 2.24) is 9.97 Å². The molecule has 3 rings (SSSR count). The Morgan fingerprint density at radius 2 is 2.15 bits per heavy atom. The van der Waals surface area contributed by atoms with Gasteiger partial charge in [-0.05, 0) is 37.8 Å². The fraction of sp³-hybridized carbons (Fsp3) is 0.375. The summed E-state index contributed by atoms with van der Waals surface area (Å²) in [6, 6.07) is 6.63. The second kappa shape index (κ2) is 5.41. The van der Waals surface area contributed by atoms with Gasteiger partial charge in [-0.15, -0.1) is 0 Å². The number of fused-ring (bicyclic) bond motifs is 1. The van der Waals surface area contributed by atoms with Crippen LogP contribution in [0.3, 0.4) is 0 Å². The van der Waals surface area contributed by atoms with E-state index in [0.29, 0.717) is 5.15 Å². The normalized spacial score (nSPS) is 14.2. The van der Waals surface area contributed by atoms with Crippen molar-refractivity contribution in [2.45, 2.75) is 33.1 Å². The summed E-state index contributed by atoms with van der Waals surface area (Å²) in [5.41, 5.74) is 4.99. The standard InChI is InChI=1S/C16H18ClN3/c1-3-13-15(17)18-10-19-16(13)20-8-4-5-12-9-11(2)6-7-14(12)20/h6-7,9-10H,3-5,8H2,1-2H3. The van der Waals surface area contributed by atoms with E-state index in [-0.39, 0.29) is 0 Å². The predicted octanol–water partition coefficient (Wildman–Crippen LogP) is 4.09. The third kappa shape index (κ3) is 2.27. The highest BCUT2D eigenvalue weighted by atomic mass is 35.5. The van der Waals surface area contributed by atoms with Crippen LogP contribution in [0.2, 0.25) is 5.15 Å². The van der Waals surface area contributed by atoms with Crippen LogP contribution in [0.15, 0.2) is 24.5 Å². The van der Waals surface area contributed by atoms with Crippen LogP contribution in [0.5, 0.6) is 0 Å². The maximum atomic E-state index is 6.22. The monoisotopic (exact) mass is 287 g/mol. The first kappa shape index (κ1) is 13.4. The molecule has 0 radical (unpaired) electrons. The summed E-state index contributed by atoms with van der Waals surface area (Å²) < 4.78 is 0. The molecule has 0 saturated heterocycles. The average Bonchev–Trinajstić information content (AvgIpc) is 2.46. The molecule has 0 N–H and O–H groups in total. The molecule has 0 unspecified atom stereocenters. The van der Waals surface area contributed by atoms with Crippen LogP contribution in [0.1, 0.15) is 30.0 Å². The van der Waals surface area contributed by atoms with E-state index in [1.807, 2.05) is 0 Å². The van der Waals surface area contributed by atoms with Gasteiger partial charge >= 0.3 is 0 Å². The minimum atomic E-state index is 0.566. The summed E-state index contributed by atoms with van der Waals surface area (Å²) in [5.74, 6) is 0.956. The lowest BCUT2D eigenvalue weighted by Crippen LogP contribution is -2.26. The predicted molar refractivity (Wildman–Crippen MR) is 82.9 cm³/mol. The zero-order chi connectivity index (χ0) is 14.1. The van der Waals surface area contributed by atoms with Gasteiger partial charge in [0.1, 0.15) is 17.3 Å². The maximum Gasteiger partial charge on any atom is 0.141 e. The number of anilines is 2. The molecule has 3 nitrogen and oxygen atoms in total. The van der Waals surface area contributed by atoms with Crippen molar-refractivity contribution >= 4 is 23.1 Å². The van der Waals surface area contributed by atoms with Gasteiger partial charge in [0.2, 0.25) is 0 Å². The molecule has 1 aliphatic heterocycles. The van der Waals surface area contributed by atoms with Gasteiger partial charge < -0.3 is 4.90 Å². The Bertz CT molecular complexity index is 640. The summed E-state index contributed by atoms with van der Waals surface area (Å²) in [5, 5.41) is 0.566. The SMILES string of the molecule is CCc1c(Cl)ncnc1N1CCCc2cc(C)ccc21. The topological polar surface area (TPSA) is 29.0 Å². The molecule has 0 spiro atoms. The van der Waals surface area contributed by atoms with Crippen molar-refractivity contribution in [3.8, 4) is 0 Å². The summed E-state index contributed by atoms with van der Waals surface area (Å²) in [6.07, 6.45) is 4.67. The molecule has 104 valence electrons. The summed E-state index contributed by atoms with van der Waals surface area (Å²) >= 11 is 6.22. The van der Waals surface area contributed by atoms with E-state index in [1.54, 1.807) is 6.33 Å². The zero-order valence-corrected chi connectivity index (χ0v) is 12.6. The van der Waals surface area contributed by atoms with Crippen LogP contribution in [-0.4, -0.2) is 16.5 Å². The molecule has 2 heterocycles. The zero-order valence-electron chi connectivity index (χ0n) is 11.9. The first-order valence-electron chi connectivity index (χ1n) is 7.07. The molecule has 1 aromatic heterocycles.